The molecule has 2 unspecified atom stereocenters. The molecule has 1 aliphatic rings. The normalized spacial score (nSPS) is 24.1. The van der Waals surface area contributed by atoms with Gasteiger partial charge in [-0.2, -0.15) is 11.8 Å². The second-order valence-electron chi connectivity index (χ2n) is 4.43. The number of nitrogens with one attached hydrogen (secondary N) is 1. The summed E-state index contributed by atoms with van der Waals surface area (Å²) >= 11 is 3.78. The van der Waals surface area contributed by atoms with E-state index < -0.39 is 0 Å². The molecule has 0 spiro atoms. The van der Waals surface area contributed by atoms with Crippen LogP contribution >= 0.6 is 23.5 Å². The highest BCUT2D eigenvalue weighted by Gasteiger charge is 2.27. The maximum Gasteiger partial charge on any atom is 0.256 e. The van der Waals surface area contributed by atoms with Crippen LogP contribution in [0.4, 0.5) is 5.82 Å². The van der Waals surface area contributed by atoms with Gasteiger partial charge in [-0.1, -0.05) is 20.3 Å². The zero-order valence-corrected chi connectivity index (χ0v) is 12.4. The van der Waals surface area contributed by atoms with Gasteiger partial charge in [0.25, 0.3) is 5.56 Å². The Balaban J connectivity index is 2.32. The highest BCUT2D eigenvalue weighted by atomic mass is 32.2. The highest BCUT2D eigenvalue weighted by Crippen LogP contribution is 2.40. The molecule has 3 N–H and O–H groups in total. The maximum absolute atomic E-state index is 12.0. The first-order valence-electron chi connectivity index (χ1n) is 6.25. The molecule has 0 aromatic carbocycles. The average Bonchev–Trinajstić information content (AvgIpc) is 2.34. The number of H-pyrrole nitrogens is 1. The molecule has 0 radical (unpaired) electrons. The molecule has 0 saturated carbocycles. The summed E-state index contributed by atoms with van der Waals surface area (Å²) in [7, 11) is 0. The first-order valence-corrected chi connectivity index (χ1v) is 8.35. The molecular formula is C12H19N3OS2. The van der Waals surface area contributed by atoms with Crippen LogP contribution in [0.3, 0.4) is 0 Å². The third-order valence-corrected chi connectivity index (χ3v) is 6.12. The first kappa shape index (κ1) is 13.8. The van der Waals surface area contributed by atoms with Crippen molar-refractivity contribution >= 4 is 29.3 Å². The van der Waals surface area contributed by atoms with Crippen LogP contribution in [-0.2, 0) is 6.42 Å². The number of aromatic amines is 1. The molecule has 0 aliphatic carbocycles. The average molecular weight is 285 g/mol. The second kappa shape index (κ2) is 6.02. The highest BCUT2D eigenvalue weighted by molar-refractivity contribution is 8.06. The summed E-state index contributed by atoms with van der Waals surface area (Å²) in [4.78, 5) is 19.3. The van der Waals surface area contributed by atoms with Crippen molar-refractivity contribution in [3.63, 3.8) is 0 Å². The minimum Gasteiger partial charge on any atom is -0.383 e. The minimum atomic E-state index is -0.0669. The van der Waals surface area contributed by atoms with Gasteiger partial charge in [0.15, 0.2) is 0 Å². The lowest BCUT2D eigenvalue weighted by atomic mass is 10.2. The maximum atomic E-state index is 12.0. The van der Waals surface area contributed by atoms with Crippen LogP contribution < -0.4 is 11.3 Å². The molecular weight excluding hydrogens is 266 g/mol. The molecule has 1 fully saturated rings. The van der Waals surface area contributed by atoms with E-state index in [1.165, 1.54) is 0 Å². The number of thioether (sulfide) groups is 2. The van der Waals surface area contributed by atoms with E-state index in [-0.39, 0.29) is 10.8 Å². The Morgan fingerprint density at radius 2 is 2.17 bits per heavy atom. The summed E-state index contributed by atoms with van der Waals surface area (Å²) in [6, 6.07) is 0. The number of hydrogen-bond donors (Lipinski definition) is 2. The van der Waals surface area contributed by atoms with Crippen molar-refractivity contribution in [2.45, 2.75) is 37.2 Å². The van der Waals surface area contributed by atoms with Crippen LogP contribution in [0.15, 0.2) is 4.79 Å². The lowest BCUT2D eigenvalue weighted by Gasteiger charge is -2.27. The Morgan fingerprint density at radius 1 is 1.44 bits per heavy atom. The fourth-order valence-electron chi connectivity index (χ4n) is 2.09. The third-order valence-electron chi connectivity index (χ3n) is 3.02. The topological polar surface area (TPSA) is 71.8 Å². The van der Waals surface area contributed by atoms with Crippen LogP contribution in [0.1, 0.15) is 36.9 Å². The van der Waals surface area contributed by atoms with E-state index in [0.717, 1.165) is 23.8 Å². The summed E-state index contributed by atoms with van der Waals surface area (Å²) in [5, 5.41) is 0.706. The smallest absolute Gasteiger partial charge is 0.256 e. The molecule has 1 aliphatic heterocycles. The van der Waals surface area contributed by atoms with Gasteiger partial charge in [0, 0.05) is 16.8 Å². The summed E-state index contributed by atoms with van der Waals surface area (Å²) < 4.78 is 0. The van der Waals surface area contributed by atoms with Gasteiger partial charge in [0.05, 0.1) is 10.8 Å². The van der Waals surface area contributed by atoms with Gasteiger partial charge in [-0.3, -0.25) is 4.79 Å². The van der Waals surface area contributed by atoms with Gasteiger partial charge < -0.3 is 10.7 Å². The number of hydrogen-bond acceptors (Lipinski definition) is 5. The first-order chi connectivity index (χ1) is 8.63. The van der Waals surface area contributed by atoms with E-state index in [1.54, 1.807) is 0 Å². The summed E-state index contributed by atoms with van der Waals surface area (Å²) in [5.74, 6) is 3.40. The standard InChI is InChI=1S/C12H19N3OS2/c1-3-4-8-10(13)14-11(15-12(8)16)9-7(2)17-5-6-18-9/h7,9H,3-6H2,1-2H3,(H3,13,14,15,16). The van der Waals surface area contributed by atoms with E-state index in [4.69, 9.17) is 5.73 Å². The number of aromatic nitrogens is 2. The Hall–Kier alpha value is -0.620. The van der Waals surface area contributed by atoms with Crippen LogP contribution in [-0.4, -0.2) is 26.7 Å². The van der Waals surface area contributed by atoms with Crippen molar-refractivity contribution in [3.8, 4) is 0 Å². The summed E-state index contributed by atoms with van der Waals surface area (Å²) in [5.41, 5.74) is 6.47. The van der Waals surface area contributed by atoms with Crippen molar-refractivity contribution in [2.24, 2.45) is 0 Å². The van der Waals surface area contributed by atoms with Crippen LogP contribution in [0, 0.1) is 0 Å². The molecule has 1 aromatic heterocycles. The molecule has 4 nitrogen and oxygen atoms in total. The lowest BCUT2D eigenvalue weighted by molar-refractivity contribution is 0.798. The Bertz CT molecular complexity index is 475. The van der Waals surface area contributed by atoms with E-state index >= 15 is 0 Å². The predicted molar refractivity (Wildman–Crippen MR) is 80.4 cm³/mol. The predicted octanol–water partition coefficient (Wildman–Crippen LogP) is 2.21. The number of nitrogens with zero attached hydrogens (tertiary/aromatic N) is 1. The van der Waals surface area contributed by atoms with Gasteiger partial charge >= 0.3 is 0 Å². The molecule has 2 atom stereocenters. The largest absolute Gasteiger partial charge is 0.383 e. The summed E-state index contributed by atoms with van der Waals surface area (Å²) in [6.45, 7) is 4.21. The fourth-order valence-corrected chi connectivity index (χ4v) is 4.80. The van der Waals surface area contributed by atoms with E-state index in [2.05, 4.69) is 16.9 Å². The number of nitrogen functional groups attached to an aromatic ring is 1. The molecule has 2 rings (SSSR count). The Kier molecular flexibility index (Phi) is 4.61. The molecule has 0 amide bonds. The van der Waals surface area contributed by atoms with Crippen LogP contribution in [0.5, 0.6) is 0 Å². The molecule has 18 heavy (non-hydrogen) atoms. The third kappa shape index (κ3) is 2.85. The molecule has 6 heteroatoms. The molecule has 0 bridgehead atoms. The zero-order chi connectivity index (χ0) is 13.1. The number of nitrogens with two attached hydrogens (primary N) is 1. The fraction of sp³-hybridized carbons (Fsp3) is 0.667. The quantitative estimate of drug-likeness (QED) is 0.891. The van der Waals surface area contributed by atoms with Crippen molar-refractivity contribution in [2.75, 3.05) is 17.2 Å². The van der Waals surface area contributed by atoms with Gasteiger partial charge in [0.1, 0.15) is 11.6 Å². The minimum absolute atomic E-state index is 0.0669. The SMILES string of the molecule is CCCc1c(N)nc(C2SCCSC2C)[nH]c1=O. The molecule has 1 aromatic rings. The molecule has 2 heterocycles. The molecule has 1 saturated heterocycles. The zero-order valence-electron chi connectivity index (χ0n) is 10.7. The number of rotatable bonds is 3. The second-order valence-corrected chi connectivity index (χ2v) is 7.17. The van der Waals surface area contributed by atoms with Crippen molar-refractivity contribution in [1.82, 2.24) is 9.97 Å². The summed E-state index contributed by atoms with van der Waals surface area (Å²) in [6.07, 6.45) is 1.59. The Morgan fingerprint density at radius 3 is 2.78 bits per heavy atom. The lowest BCUT2D eigenvalue weighted by Crippen LogP contribution is -2.25. The van der Waals surface area contributed by atoms with Crippen LogP contribution in [0.25, 0.3) is 0 Å². The van der Waals surface area contributed by atoms with Crippen LogP contribution in [0.2, 0.25) is 0 Å². The van der Waals surface area contributed by atoms with Crippen molar-refractivity contribution < 1.29 is 0 Å². The van der Waals surface area contributed by atoms with Crippen molar-refractivity contribution in [3.05, 3.63) is 21.7 Å². The van der Waals surface area contributed by atoms with Gasteiger partial charge in [0.2, 0.25) is 0 Å². The molecule has 100 valence electrons. The Labute approximate surface area is 116 Å². The van der Waals surface area contributed by atoms with Gasteiger partial charge in [-0.25, -0.2) is 4.98 Å². The van der Waals surface area contributed by atoms with Gasteiger partial charge in [-0.15, -0.1) is 11.8 Å². The van der Waals surface area contributed by atoms with E-state index in [0.29, 0.717) is 23.1 Å². The van der Waals surface area contributed by atoms with Gasteiger partial charge in [-0.05, 0) is 6.42 Å². The van der Waals surface area contributed by atoms with E-state index in [1.807, 2.05) is 30.4 Å². The van der Waals surface area contributed by atoms with Crippen molar-refractivity contribution in [1.29, 1.82) is 0 Å². The monoisotopic (exact) mass is 285 g/mol. The van der Waals surface area contributed by atoms with E-state index in [9.17, 15) is 4.79 Å². The number of anilines is 1.